The molecule has 0 bridgehead atoms. The zero-order chi connectivity index (χ0) is 12.4. The fraction of sp³-hybridized carbons (Fsp3) is 0.0909. The normalized spacial score (nSPS) is 10.3. The Kier molecular flexibility index (Phi) is 3.96. The van der Waals surface area contributed by atoms with Gasteiger partial charge in [0.1, 0.15) is 5.82 Å². The SMILES string of the molecule is Cc1cc(C(=O)Nc2ncccc2Br)sc1Br. The molecule has 0 aliphatic heterocycles. The molecule has 3 nitrogen and oxygen atoms in total. The number of thiophene rings is 1. The van der Waals surface area contributed by atoms with E-state index in [0.717, 1.165) is 13.8 Å². The van der Waals surface area contributed by atoms with E-state index in [0.29, 0.717) is 10.7 Å². The van der Waals surface area contributed by atoms with Gasteiger partial charge in [-0.25, -0.2) is 4.98 Å². The number of nitrogens with one attached hydrogen (secondary N) is 1. The molecule has 0 aromatic carbocycles. The largest absolute Gasteiger partial charge is 0.305 e. The first-order valence-electron chi connectivity index (χ1n) is 4.75. The van der Waals surface area contributed by atoms with Crippen LogP contribution < -0.4 is 5.32 Å². The first-order valence-corrected chi connectivity index (χ1v) is 7.16. The van der Waals surface area contributed by atoms with Crippen molar-refractivity contribution < 1.29 is 4.79 Å². The minimum atomic E-state index is -0.150. The number of carbonyl (C=O) groups is 1. The molecule has 0 spiro atoms. The van der Waals surface area contributed by atoms with E-state index in [1.54, 1.807) is 12.3 Å². The van der Waals surface area contributed by atoms with Crippen LogP contribution in [0.25, 0.3) is 0 Å². The van der Waals surface area contributed by atoms with E-state index in [9.17, 15) is 4.79 Å². The van der Waals surface area contributed by atoms with Crippen molar-refractivity contribution in [3.05, 3.63) is 43.1 Å². The first-order chi connectivity index (χ1) is 8.08. The lowest BCUT2D eigenvalue weighted by molar-refractivity contribution is 0.103. The van der Waals surface area contributed by atoms with Gasteiger partial charge >= 0.3 is 0 Å². The van der Waals surface area contributed by atoms with Crippen molar-refractivity contribution in [3.8, 4) is 0 Å². The standard InChI is InChI=1S/C11H8Br2N2OS/c1-6-5-8(17-9(6)13)11(16)15-10-7(12)3-2-4-14-10/h2-5H,1H3,(H,14,15,16). The minimum absolute atomic E-state index is 0.150. The summed E-state index contributed by atoms with van der Waals surface area (Å²) in [4.78, 5) is 16.7. The van der Waals surface area contributed by atoms with E-state index in [4.69, 9.17) is 0 Å². The summed E-state index contributed by atoms with van der Waals surface area (Å²) >= 11 is 8.14. The molecule has 0 aliphatic carbocycles. The number of hydrogen-bond donors (Lipinski definition) is 1. The Morgan fingerprint density at radius 3 is 2.82 bits per heavy atom. The van der Waals surface area contributed by atoms with Crippen LogP contribution in [0.1, 0.15) is 15.2 Å². The second kappa shape index (κ2) is 5.29. The quantitative estimate of drug-likeness (QED) is 0.853. The summed E-state index contributed by atoms with van der Waals surface area (Å²) in [6, 6.07) is 5.48. The lowest BCUT2D eigenvalue weighted by Gasteiger charge is -2.03. The number of carbonyl (C=O) groups excluding carboxylic acids is 1. The molecule has 0 saturated carbocycles. The van der Waals surface area contributed by atoms with E-state index in [1.807, 2.05) is 19.1 Å². The predicted molar refractivity (Wildman–Crippen MR) is 76.6 cm³/mol. The van der Waals surface area contributed by atoms with Gasteiger partial charge in [0.2, 0.25) is 0 Å². The molecule has 0 aliphatic rings. The van der Waals surface area contributed by atoms with Gasteiger partial charge in [-0.3, -0.25) is 4.79 Å². The Hall–Kier alpha value is -0.720. The van der Waals surface area contributed by atoms with Crippen molar-refractivity contribution in [1.82, 2.24) is 4.98 Å². The Labute approximate surface area is 120 Å². The summed E-state index contributed by atoms with van der Waals surface area (Å²) < 4.78 is 1.74. The average Bonchev–Trinajstić information content (AvgIpc) is 2.63. The molecule has 0 radical (unpaired) electrons. The Morgan fingerprint density at radius 2 is 2.24 bits per heavy atom. The molecule has 2 rings (SSSR count). The second-order valence-corrected chi connectivity index (χ2v) is 6.58. The molecule has 17 heavy (non-hydrogen) atoms. The number of hydrogen-bond acceptors (Lipinski definition) is 3. The fourth-order valence-electron chi connectivity index (χ4n) is 1.22. The van der Waals surface area contributed by atoms with Gasteiger partial charge in [-0.1, -0.05) is 0 Å². The van der Waals surface area contributed by atoms with Gasteiger partial charge in [-0.15, -0.1) is 11.3 Å². The maximum absolute atomic E-state index is 11.9. The molecule has 2 aromatic rings. The van der Waals surface area contributed by atoms with Crippen LogP contribution in [-0.4, -0.2) is 10.9 Å². The summed E-state index contributed by atoms with van der Waals surface area (Å²) in [6.45, 7) is 1.95. The summed E-state index contributed by atoms with van der Waals surface area (Å²) in [5.41, 5.74) is 1.06. The number of anilines is 1. The third kappa shape index (κ3) is 2.94. The van der Waals surface area contributed by atoms with Crippen molar-refractivity contribution in [1.29, 1.82) is 0 Å². The maximum atomic E-state index is 11.9. The Morgan fingerprint density at radius 1 is 1.47 bits per heavy atom. The highest BCUT2D eigenvalue weighted by atomic mass is 79.9. The van der Waals surface area contributed by atoms with E-state index >= 15 is 0 Å². The van der Waals surface area contributed by atoms with E-state index < -0.39 is 0 Å². The monoisotopic (exact) mass is 374 g/mol. The summed E-state index contributed by atoms with van der Waals surface area (Å²) in [5.74, 6) is 0.378. The van der Waals surface area contributed by atoms with Gasteiger partial charge < -0.3 is 5.32 Å². The smallest absolute Gasteiger partial charge is 0.266 e. The minimum Gasteiger partial charge on any atom is -0.305 e. The van der Waals surface area contributed by atoms with Crippen molar-refractivity contribution in [3.63, 3.8) is 0 Å². The molecule has 2 heterocycles. The first kappa shape index (κ1) is 12.7. The summed E-state index contributed by atoms with van der Waals surface area (Å²) in [7, 11) is 0. The van der Waals surface area contributed by atoms with Crippen LogP contribution in [0.5, 0.6) is 0 Å². The van der Waals surface area contributed by atoms with Crippen LogP contribution >= 0.6 is 43.2 Å². The van der Waals surface area contributed by atoms with Crippen molar-refractivity contribution >= 4 is 54.9 Å². The van der Waals surface area contributed by atoms with Gasteiger partial charge in [0.05, 0.1) is 13.1 Å². The number of rotatable bonds is 2. The maximum Gasteiger partial charge on any atom is 0.266 e. The summed E-state index contributed by atoms with van der Waals surface area (Å²) in [6.07, 6.45) is 1.63. The molecule has 0 fully saturated rings. The van der Waals surface area contributed by atoms with Crippen LogP contribution in [0.15, 0.2) is 32.7 Å². The lowest BCUT2D eigenvalue weighted by Crippen LogP contribution is -2.11. The third-order valence-corrected chi connectivity index (χ3v) is 4.85. The van der Waals surface area contributed by atoms with Crippen molar-refractivity contribution in [2.75, 3.05) is 5.32 Å². The van der Waals surface area contributed by atoms with Gasteiger partial charge in [0, 0.05) is 6.20 Å². The molecule has 0 atom stereocenters. The average molecular weight is 376 g/mol. The molecule has 0 unspecified atom stereocenters. The van der Waals surface area contributed by atoms with Gasteiger partial charge in [-0.05, 0) is 62.5 Å². The van der Waals surface area contributed by atoms with Crippen LogP contribution in [0.4, 0.5) is 5.82 Å². The Balaban J connectivity index is 2.20. The number of aromatic nitrogens is 1. The van der Waals surface area contributed by atoms with E-state index in [1.165, 1.54) is 11.3 Å². The molecule has 6 heteroatoms. The van der Waals surface area contributed by atoms with Gasteiger partial charge in [0.25, 0.3) is 5.91 Å². The molecule has 1 N–H and O–H groups in total. The molecular weight excluding hydrogens is 368 g/mol. The highest BCUT2D eigenvalue weighted by molar-refractivity contribution is 9.11. The van der Waals surface area contributed by atoms with Crippen LogP contribution in [0.2, 0.25) is 0 Å². The molecule has 1 amide bonds. The second-order valence-electron chi connectivity index (χ2n) is 3.36. The fourth-order valence-corrected chi connectivity index (χ4v) is 3.00. The van der Waals surface area contributed by atoms with E-state index in [-0.39, 0.29) is 5.91 Å². The van der Waals surface area contributed by atoms with Gasteiger partial charge in [0.15, 0.2) is 0 Å². The van der Waals surface area contributed by atoms with Crippen LogP contribution in [0.3, 0.4) is 0 Å². The zero-order valence-electron chi connectivity index (χ0n) is 8.83. The molecule has 0 saturated heterocycles. The molecule has 2 aromatic heterocycles. The number of halogens is 2. The number of amides is 1. The van der Waals surface area contributed by atoms with Gasteiger partial charge in [-0.2, -0.15) is 0 Å². The predicted octanol–water partition coefficient (Wildman–Crippen LogP) is 4.23. The van der Waals surface area contributed by atoms with Crippen molar-refractivity contribution in [2.24, 2.45) is 0 Å². The summed E-state index contributed by atoms with van der Waals surface area (Å²) in [5, 5.41) is 2.76. The van der Waals surface area contributed by atoms with Crippen LogP contribution in [-0.2, 0) is 0 Å². The Bertz CT molecular complexity index is 549. The number of pyridine rings is 1. The topological polar surface area (TPSA) is 42.0 Å². The number of nitrogens with zero attached hydrogens (tertiary/aromatic N) is 1. The highest BCUT2D eigenvalue weighted by Crippen LogP contribution is 2.28. The zero-order valence-corrected chi connectivity index (χ0v) is 12.8. The van der Waals surface area contributed by atoms with E-state index in [2.05, 4.69) is 42.2 Å². The third-order valence-electron chi connectivity index (χ3n) is 2.07. The highest BCUT2D eigenvalue weighted by Gasteiger charge is 2.12. The number of aryl methyl sites for hydroxylation is 1. The molecule has 88 valence electrons. The lowest BCUT2D eigenvalue weighted by atomic mass is 10.3. The van der Waals surface area contributed by atoms with Crippen molar-refractivity contribution in [2.45, 2.75) is 6.92 Å². The molecular formula is C11H8Br2N2OS. The van der Waals surface area contributed by atoms with Crippen LogP contribution in [0, 0.1) is 6.92 Å².